The molecule has 0 radical (unpaired) electrons. The van der Waals surface area contributed by atoms with Gasteiger partial charge in [-0.3, -0.25) is 9.98 Å². The molecule has 0 aliphatic rings. The Morgan fingerprint density at radius 1 is 1.29 bits per heavy atom. The molecule has 2 aromatic rings. The number of carbonyl (C=O) groups is 2. The second-order valence-electron chi connectivity index (χ2n) is 6.82. The molecule has 2 rings (SSSR count). The minimum atomic E-state index is -1.14. The number of hydrogen-bond acceptors (Lipinski definition) is 7. The highest BCUT2D eigenvalue weighted by Gasteiger charge is 2.20. The summed E-state index contributed by atoms with van der Waals surface area (Å²) in [4.78, 5) is 38.5. The van der Waals surface area contributed by atoms with Crippen molar-refractivity contribution >= 4 is 35.0 Å². The van der Waals surface area contributed by atoms with E-state index in [1.807, 2.05) is 10.9 Å². The second-order valence-corrected chi connectivity index (χ2v) is 6.82. The number of carboxylic acids is 1. The van der Waals surface area contributed by atoms with Crippen LogP contribution in [0.2, 0.25) is 0 Å². The number of nitrogens with two attached hydrogens (primary N) is 2. The molecule has 170 valence electrons. The van der Waals surface area contributed by atoms with Crippen molar-refractivity contribution < 1.29 is 24.0 Å². The van der Waals surface area contributed by atoms with Crippen LogP contribution in [0.25, 0.3) is 11.2 Å². The molecule has 0 unspecified atom stereocenters. The Kier molecular flexibility index (Phi) is 9.26. The smallest absolute Gasteiger partial charge is 0.407 e. The number of fused-ring (bicyclic) bond motifs is 1. The fourth-order valence-corrected chi connectivity index (χ4v) is 2.96. The number of unbranched alkanes of at least 4 members (excludes halogenated alkanes) is 2. The van der Waals surface area contributed by atoms with Crippen molar-refractivity contribution in [3.63, 3.8) is 0 Å². The van der Waals surface area contributed by atoms with E-state index in [-0.39, 0.29) is 19.0 Å². The van der Waals surface area contributed by atoms with Gasteiger partial charge in [-0.2, -0.15) is 4.98 Å². The van der Waals surface area contributed by atoms with Crippen LogP contribution in [0.3, 0.4) is 0 Å². The normalized spacial score (nSPS) is 11.6. The van der Waals surface area contributed by atoms with Crippen LogP contribution in [-0.2, 0) is 16.1 Å². The van der Waals surface area contributed by atoms with Crippen LogP contribution >= 0.6 is 0 Å². The lowest BCUT2D eigenvalue weighted by molar-refractivity contribution is -0.673. The molecule has 0 spiro atoms. The van der Waals surface area contributed by atoms with Crippen LogP contribution in [-0.4, -0.2) is 64.3 Å². The van der Waals surface area contributed by atoms with E-state index in [2.05, 4.69) is 30.6 Å². The molecule has 8 N–H and O–H groups in total. The number of anilines is 1. The number of amides is 1. The summed E-state index contributed by atoms with van der Waals surface area (Å²) in [6.07, 6.45) is 5.58. The fraction of sp³-hybridized carbons (Fsp3) is 0.556. The Hall–Kier alpha value is -3.64. The number of aromatic nitrogens is 4. The van der Waals surface area contributed by atoms with Crippen LogP contribution in [0.15, 0.2) is 17.6 Å². The third-order valence-corrected chi connectivity index (χ3v) is 4.51. The number of carbonyl (C=O) groups excluding carboxylic acids is 1. The maximum atomic E-state index is 11.8. The van der Waals surface area contributed by atoms with Gasteiger partial charge in [-0.15, -0.1) is 0 Å². The molecule has 13 heteroatoms. The predicted molar refractivity (Wildman–Crippen MR) is 113 cm³/mol. The average molecular weight is 436 g/mol. The number of nitrogens with one attached hydrogen (secondary N) is 3. The van der Waals surface area contributed by atoms with Crippen molar-refractivity contribution in [1.29, 1.82) is 0 Å². The standard InChI is InChI=1S/C18H29N9O4/c1-21-14-13-15(24-10-23-14)27(11-25-13)8-3-2-4-9-31-18(30)26-12(16(28)29)6-5-7-22-17(19)20/h10-12H,2-9H2,1H3,(H7,19,20,21,22,23,24,26,28,29,30)/p+1/t12-/m1/s1. The summed E-state index contributed by atoms with van der Waals surface area (Å²) in [6.45, 7) is 1.25. The summed E-state index contributed by atoms with van der Waals surface area (Å²) in [5, 5.41) is 14.6. The predicted octanol–water partition coefficient (Wildman–Crippen LogP) is -0.310. The van der Waals surface area contributed by atoms with Crippen molar-refractivity contribution in [1.82, 2.24) is 20.3 Å². The molecule has 1 atom stereocenters. The Balaban J connectivity index is 1.65. The topological polar surface area (TPSA) is 198 Å². The van der Waals surface area contributed by atoms with Gasteiger partial charge in [-0.25, -0.2) is 14.2 Å². The van der Waals surface area contributed by atoms with Crippen LogP contribution in [0.4, 0.5) is 10.6 Å². The third kappa shape index (κ3) is 7.60. The molecule has 2 aromatic heterocycles. The van der Waals surface area contributed by atoms with Crippen molar-refractivity contribution in [2.75, 3.05) is 25.5 Å². The lowest BCUT2D eigenvalue weighted by Crippen LogP contribution is -2.41. The Bertz CT molecular complexity index is 895. The number of hydrogen-bond donors (Lipinski definition) is 6. The molecule has 13 nitrogen and oxygen atoms in total. The van der Waals surface area contributed by atoms with E-state index in [1.165, 1.54) is 6.33 Å². The number of aliphatic carboxylic acids is 1. The molecular formula is C18H30N9O4+. The summed E-state index contributed by atoms with van der Waals surface area (Å²) in [6, 6.07) is -1.05. The average Bonchev–Trinajstić information content (AvgIpc) is 3.15. The van der Waals surface area contributed by atoms with Gasteiger partial charge in [0.2, 0.25) is 5.52 Å². The quantitative estimate of drug-likeness (QED) is 0.105. The zero-order chi connectivity index (χ0) is 22.6. The van der Waals surface area contributed by atoms with Crippen molar-refractivity contribution in [2.45, 2.75) is 44.7 Å². The molecule has 0 saturated heterocycles. The number of aromatic amines is 1. The number of alkyl carbamates (subject to hydrolysis) is 1. The van der Waals surface area contributed by atoms with Gasteiger partial charge in [-0.1, -0.05) is 4.98 Å². The maximum Gasteiger partial charge on any atom is 0.407 e. The molecule has 0 aliphatic carbocycles. The molecule has 1 amide bonds. The maximum absolute atomic E-state index is 11.8. The Morgan fingerprint density at radius 2 is 2.10 bits per heavy atom. The van der Waals surface area contributed by atoms with E-state index in [1.54, 1.807) is 7.05 Å². The summed E-state index contributed by atoms with van der Waals surface area (Å²) < 4.78 is 7.09. The number of guanidine groups is 1. The first-order valence-corrected chi connectivity index (χ1v) is 10.0. The molecule has 0 bridgehead atoms. The van der Waals surface area contributed by atoms with E-state index < -0.39 is 18.1 Å². The first kappa shape index (κ1) is 23.6. The van der Waals surface area contributed by atoms with Crippen LogP contribution < -0.4 is 26.7 Å². The monoisotopic (exact) mass is 436 g/mol. The summed E-state index contributed by atoms with van der Waals surface area (Å²) in [5.41, 5.74) is 12.1. The summed E-state index contributed by atoms with van der Waals surface area (Å²) in [7, 11) is 1.80. The Morgan fingerprint density at radius 3 is 2.81 bits per heavy atom. The lowest BCUT2D eigenvalue weighted by atomic mass is 10.1. The largest absolute Gasteiger partial charge is 0.480 e. The van der Waals surface area contributed by atoms with E-state index in [9.17, 15) is 14.7 Å². The van der Waals surface area contributed by atoms with Crippen LogP contribution in [0.1, 0.15) is 32.1 Å². The number of rotatable bonds is 13. The zero-order valence-corrected chi connectivity index (χ0v) is 17.5. The van der Waals surface area contributed by atoms with Crippen molar-refractivity contribution in [3.8, 4) is 0 Å². The molecule has 0 aromatic carbocycles. The second kappa shape index (κ2) is 12.1. The number of H-pyrrole nitrogens is 1. The van der Waals surface area contributed by atoms with Gasteiger partial charge in [0, 0.05) is 13.6 Å². The molecule has 0 aliphatic heterocycles. The molecule has 2 heterocycles. The highest BCUT2D eigenvalue weighted by Crippen LogP contribution is 2.12. The number of carboxylic acid groups (broad SMARTS) is 1. The zero-order valence-electron chi connectivity index (χ0n) is 17.5. The molecule has 0 saturated carbocycles. The fourth-order valence-electron chi connectivity index (χ4n) is 2.96. The SMILES string of the molecule is CNc1ncnc2c1[nH]c[n+]2CCCCCOC(=O)N[C@H](CCCN=C(N)N)C(=O)O. The molecule has 31 heavy (non-hydrogen) atoms. The first-order chi connectivity index (χ1) is 14.9. The minimum absolute atomic E-state index is 0.0571. The van der Waals surface area contributed by atoms with Gasteiger partial charge in [0.05, 0.1) is 13.2 Å². The van der Waals surface area contributed by atoms with Crippen molar-refractivity contribution in [2.24, 2.45) is 16.5 Å². The van der Waals surface area contributed by atoms with Gasteiger partial charge < -0.3 is 31.9 Å². The van der Waals surface area contributed by atoms with Gasteiger partial charge in [0.15, 0.2) is 24.4 Å². The lowest BCUT2D eigenvalue weighted by Gasteiger charge is -2.14. The van der Waals surface area contributed by atoms with Crippen LogP contribution in [0.5, 0.6) is 0 Å². The van der Waals surface area contributed by atoms with E-state index in [0.29, 0.717) is 19.4 Å². The minimum Gasteiger partial charge on any atom is -0.480 e. The first-order valence-electron chi connectivity index (χ1n) is 10.0. The molecular weight excluding hydrogens is 406 g/mol. The summed E-state index contributed by atoms with van der Waals surface area (Å²) >= 11 is 0. The number of imidazole rings is 1. The molecule has 0 fully saturated rings. The number of nitrogens with zero attached hydrogens (tertiary/aromatic N) is 4. The van der Waals surface area contributed by atoms with Crippen LogP contribution in [0, 0.1) is 0 Å². The van der Waals surface area contributed by atoms with Gasteiger partial charge in [-0.05, 0) is 32.1 Å². The third-order valence-electron chi connectivity index (χ3n) is 4.51. The van der Waals surface area contributed by atoms with Gasteiger partial charge >= 0.3 is 17.7 Å². The van der Waals surface area contributed by atoms with E-state index in [4.69, 9.17) is 16.2 Å². The number of aliphatic imine (C=N–C) groups is 1. The highest BCUT2D eigenvalue weighted by molar-refractivity contribution is 5.80. The number of ether oxygens (including phenoxy) is 1. The van der Waals surface area contributed by atoms with Crippen molar-refractivity contribution in [3.05, 3.63) is 12.7 Å². The van der Waals surface area contributed by atoms with Gasteiger partial charge in [0.1, 0.15) is 6.04 Å². The highest BCUT2D eigenvalue weighted by atomic mass is 16.5. The number of aryl methyl sites for hydroxylation is 1. The van der Waals surface area contributed by atoms with Gasteiger partial charge in [0.25, 0.3) is 0 Å². The van der Waals surface area contributed by atoms with E-state index >= 15 is 0 Å². The summed E-state index contributed by atoms with van der Waals surface area (Å²) in [5.74, 6) is -0.458. The Labute approximate surface area is 179 Å². The van der Waals surface area contributed by atoms with E-state index in [0.717, 1.165) is 36.4 Å².